The molecule has 3 aromatic carbocycles. The number of carboxylic acids is 1. The molecular weight excluding hydrogens is 579 g/mol. The number of aromatic amines is 1. The molecular formula is C37H45N5O2S. The summed E-state index contributed by atoms with van der Waals surface area (Å²) >= 11 is 1.56. The van der Waals surface area contributed by atoms with Gasteiger partial charge in [-0.25, -0.2) is 9.97 Å². The second-order valence-electron chi connectivity index (χ2n) is 12.2. The molecule has 0 saturated heterocycles. The molecule has 0 saturated carbocycles. The Kier molecular flexibility index (Phi) is 11.0. The quantitative estimate of drug-likeness (QED) is 0.114. The molecule has 8 heteroatoms. The van der Waals surface area contributed by atoms with Crippen molar-refractivity contribution < 1.29 is 9.90 Å². The zero-order chi connectivity index (χ0) is 31.8. The van der Waals surface area contributed by atoms with Crippen LogP contribution in [0.2, 0.25) is 0 Å². The second kappa shape index (κ2) is 15.3. The highest BCUT2D eigenvalue weighted by molar-refractivity contribution is 7.09. The number of thiazole rings is 1. The summed E-state index contributed by atoms with van der Waals surface area (Å²) in [6.07, 6.45) is 4.93. The Morgan fingerprint density at radius 1 is 0.889 bits per heavy atom. The highest BCUT2D eigenvalue weighted by atomic mass is 32.1. The van der Waals surface area contributed by atoms with Gasteiger partial charge in [0.25, 0.3) is 0 Å². The van der Waals surface area contributed by atoms with Crippen LogP contribution in [-0.2, 0) is 24.4 Å². The number of aliphatic carboxylic acids is 1. The number of carbonyl (C=O) groups is 1. The molecule has 5 aromatic rings. The highest BCUT2D eigenvalue weighted by Gasteiger charge is 2.17. The molecule has 0 amide bonds. The van der Waals surface area contributed by atoms with Crippen molar-refractivity contribution in [1.82, 2.24) is 19.9 Å². The SMILES string of the molecule is CCCC(CCC)c1ccc(N(Cc2ccc(-c3csc(CN(CC(=O)O)Cc4nc5ccccc5[nH]4)n3)cc2)C(C)C)cc1. The number of hydrogen-bond acceptors (Lipinski definition) is 6. The lowest BCUT2D eigenvalue weighted by Crippen LogP contribution is -2.30. The predicted molar refractivity (Wildman–Crippen MR) is 186 cm³/mol. The fourth-order valence-corrected chi connectivity index (χ4v) is 6.87. The van der Waals surface area contributed by atoms with Crippen molar-refractivity contribution in [2.75, 3.05) is 11.4 Å². The summed E-state index contributed by atoms with van der Waals surface area (Å²) in [6, 6.07) is 26.1. The van der Waals surface area contributed by atoms with Crippen molar-refractivity contribution in [3.63, 3.8) is 0 Å². The van der Waals surface area contributed by atoms with Gasteiger partial charge in [0.1, 0.15) is 10.8 Å². The maximum Gasteiger partial charge on any atom is 0.317 e. The van der Waals surface area contributed by atoms with Gasteiger partial charge in [0.05, 0.1) is 36.4 Å². The van der Waals surface area contributed by atoms with E-state index in [0.29, 0.717) is 25.0 Å². The number of nitrogens with one attached hydrogen (secondary N) is 1. The van der Waals surface area contributed by atoms with Crippen LogP contribution in [0.15, 0.2) is 78.2 Å². The minimum atomic E-state index is -0.873. The molecule has 236 valence electrons. The van der Waals surface area contributed by atoms with Crippen molar-refractivity contribution in [3.05, 3.63) is 100 Å². The van der Waals surface area contributed by atoms with Crippen LogP contribution in [0.25, 0.3) is 22.3 Å². The molecule has 0 spiro atoms. The Bertz CT molecular complexity index is 1620. The number of hydrogen-bond donors (Lipinski definition) is 2. The van der Waals surface area contributed by atoms with Gasteiger partial charge >= 0.3 is 5.97 Å². The molecule has 0 aliphatic heterocycles. The van der Waals surface area contributed by atoms with Crippen LogP contribution in [0.4, 0.5) is 5.69 Å². The van der Waals surface area contributed by atoms with E-state index >= 15 is 0 Å². The largest absolute Gasteiger partial charge is 0.480 e. The molecule has 0 fully saturated rings. The first-order valence-electron chi connectivity index (χ1n) is 16.1. The average molecular weight is 624 g/mol. The molecule has 0 aliphatic carbocycles. The summed E-state index contributed by atoms with van der Waals surface area (Å²) in [5.74, 6) is 0.521. The van der Waals surface area contributed by atoms with Crippen LogP contribution >= 0.6 is 11.3 Å². The first-order chi connectivity index (χ1) is 21.8. The normalized spacial score (nSPS) is 11.7. The number of nitrogens with zero attached hydrogens (tertiary/aromatic N) is 4. The van der Waals surface area contributed by atoms with E-state index < -0.39 is 5.97 Å². The minimum Gasteiger partial charge on any atom is -0.480 e. The van der Waals surface area contributed by atoms with E-state index in [0.717, 1.165) is 39.7 Å². The summed E-state index contributed by atoms with van der Waals surface area (Å²) in [5, 5.41) is 12.5. The number of rotatable bonds is 16. The number of carboxylic acid groups (broad SMARTS) is 1. The molecule has 5 rings (SSSR count). The fraction of sp³-hybridized carbons (Fsp3) is 0.378. The van der Waals surface area contributed by atoms with E-state index in [-0.39, 0.29) is 6.54 Å². The highest BCUT2D eigenvalue weighted by Crippen LogP contribution is 2.30. The van der Waals surface area contributed by atoms with Crippen molar-refractivity contribution in [2.45, 2.75) is 85.0 Å². The molecule has 45 heavy (non-hydrogen) atoms. The van der Waals surface area contributed by atoms with Gasteiger partial charge in [-0.1, -0.05) is 75.2 Å². The zero-order valence-corrected chi connectivity index (χ0v) is 27.7. The number of benzene rings is 3. The monoisotopic (exact) mass is 623 g/mol. The first kappa shape index (κ1) is 32.4. The van der Waals surface area contributed by atoms with Gasteiger partial charge < -0.3 is 15.0 Å². The lowest BCUT2D eigenvalue weighted by atomic mass is 9.90. The average Bonchev–Trinajstić information content (AvgIpc) is 3.66. The van der Waals surface area contributed by atoms with Crippen LogP contribution in [0.1, 0.15) is 81.3 Å². The van der Waals surface area contributed by atoms with E-state index in [1.807, 2.05) is 29.2 Å². The number of para-hydroxylation sites is 2. The Morgan fingerprint density at radius 2 is 1.60 bits per heavy atom. The van der Waals surface area contributed by atoms with Gasteiger partial charge in [-0.15, -0.1) is 11.3 Å². The van der Waals surface area contributed by atoms with Gasteiger partial charge in [0.15, 0.2) is 0 Å². The van der Waals surface area contributed by atoms with Gasteiger partial charge in [-0.2, -0.15) is 0 Å². The lowest BCUT2D eigenvalue weighted by molar-refractivity contribution is -0.138. The molecule has 2 N–H and O–H groups in total. The standard InChI is InChI=1S/C37H45N5O2S/c1-5-9-28(10-6-2)29-17-19-31(20-18-29)42(26(3)4)21-27-13-15-30(16-14-27)34-25-45-36(40-34)23-41(24-37(43)44)22-35-38-32-11-7-8-12-33(32)39-35/h7-8,11-20,25-26,28H,5-6,9-10,21-24H2,1-4H3,(H,38,39)(H,43,44). The zero-order valence-electron chi connectivity index (χ0n) is 26.9. The third-order valence-electron chi connectivity index (χ3n) is 8.28. The van der Waals surface area contributed by atoms with Crippen LogP contribution in [0.5, 0.6) is 0 Å². The topological polar surface area (TPSA) is 85.4 Å². The van der Waals surface area contributed by atoms with E-state index in [9.17, 15) is 9.90 Å². The van der Waals surface area contributed by atoms with Crippen molar-refractivity contribution >= 4 is 34.0 Å². The summed E-state index contributed by atoms with van der Waals surface area (Å²) in [7, 11) is 0. The number of anilines is 1. The molecule has 2 aromatic heterocycles. The molecule has 0 unspecified atom stereocenters. The molecule has 0 atom stereocenters. The van der Waals surface area contributed by atoms with Crippen LogP contribution < -0.4 is 4.90 Å². The van der Waals surface area contributed by atoms with Gasteiger partial charge in [-0.3, -0.25) is 9.69 Å². The summed E-state index contributed by atoms with van der Waals surface area (Å²) < 4.78 is 0. The third kappa shape index (κ3) is 8.59. The third-order valence-corrected chi connectivity index (χ3v) is 9.11. The number of fused-ring (bicyclic) bond motifs is 1. The van der Waals surface area contributed by atoms with E-state index in [1.165, 1.54) is 42.5 Å². The minimum absolute atomic E-state index is 0.0895. The fourth-order valence-electron chi connectivity index (χ4n) is 6.02. The Hall–Kier alpha value is -4.01. The summed E-state index contributed by atoms with van der Waals surface area (Å²) in [5.41, 5.74) is 7.74. The van der Waals surface area contributed by atoms with Gasteiger partial charge in [0, 0.05) is 29.2 Å². The van der Waals surface area contributed by atoms with Crippen LogP contribution in [0, 0.1) is 0 Å². The number of H-pyrrole nitrogens is 1. The smallest absolute Gasteiger partial charge is 0.317 e. The molecule has 0 aliphatic rings. The Balaban J connectivity index is 1.24. The maximum absolute atomic E-state index is 11.6. The number of aromatic nitrogens is 3. The first-order valence-corrected chi connectivity index (χ1v) is 17.0. The maximum atomic E-state index is 11.6. The number of imidazole rings is 1. The molecule has 0 radical (unpaired) electrons. The van der Waals surface area contributed by atoms with Gasteiger partial charge in [0.2, 0.25) is 0 Å². The Morgan fingerprint density at radius 3 is 2.24 bits per heavy atom. The Labute approximate surface area is 271 Å². The van der Waals surface area contributed by atoms with Crippen molar-refractivity contribution in [2.24, 2.45) is 0 Å². The van der Waals surface area contributed by atoms with E-state index in [4.69, 9.17) is 4.98 Å². The molecule has 2 heterocycles. The summed E-state index contributed by atoms with van der Waals surface area (Å²) in [6.45, 7) is 10.6. The van der Waals surface area contributed by atoms with Crippen LogP contribution in [-0.4, -0.2) is 43.5 Å². The van der Waals surface area contributed by atoms with Gasteiger partial charge in [-0.05, 0) is 68.0 Å². The molecule has 7 nitrogen and oxygen atoms in total. The van der Waals surface area contributed by atoms with Crippen molar-refractivity contribution in [3.8, 4) is 11.3 Å². The summed E-state index contributed by atoms with van der Waals surface area (Å²) in [4.78, 5) is 28.7. The van der Waals surface area contributed by atoms with E-state index in [2.05, 4.69) is 96.5 Å². The van der Waals surface area contributed by atoms with Crippen LogP contribution in [0.3, 0.4) is 0 Å². The predicted octanol–water partition coefficient (Wildman–Crippen LogP) is 8.87. The van der Waals surface area contributed by atoms with E-state index in [1.54, 1.807) is 11.3 Å². The molecule has 0 bridgehead atoms. The second-order valence-corrected chi connectivity index (χ2v) is 13.1. The lowest BCUT2D eigenvalue weighted by Gasteiger charge is -2.30. The van der Waals surface area contributed by atoms with Crippen molar-refractivity contribution in [1.29, 1.82) is 0 Å².